The van der Waals surface area contributed by atoms with Crippen LogP contribution in [0.2, 0.25) is 5.02 Å². The van der Waals surface area contributed by atoms with E-state index >= 15 is 0 Å². The molecule has 1 heterocycles. The molecule has 0 aliphatic rings. The summed E-state index contributed by atoms with van der Waals surface area (Å²) in [6.45, 7) is 0. The van der Waals surface area contributed by atoms with E-state index in [9.17, 15) is 0 Å². The fourth-order valence-electron chi connectivity index (χ4n) is 1.31. The predicted molar refractivity (Wildman–Crippen MR) is 83.9 cm³/mol. The van der Waals surface area contributed by atoms with Gasteiger partial charge in [-0.1, -0.05) is 17.7 Å². The molecule has 0 amide bonds. The molecule has 16 heavy (non-hydrogen) atoms. The van der Waals surface area contributed by atoms with Gasteiger partial charge in [0, 0.05) is 12.9 Å². The van der Waals surface area contributed by atoms with E-state index < -0.39 is 0 Å². The first-order valence-electron chi connectivity index (χ1n) is 4.41. The van der Waals surface area contributed by atoms with Gasteiger partial charge in [0.1, 0.15) is 0 Å². The highest BCUT2D eigenvalue weighted by Gasteiger charge is 2.16. The van der Waals surface area contributed by atoms with Gasteiger partial charge in [0.25, 0.3) is 0 Å². The van der Waals surface area contributed by atoms with Crippen LogP contribution in [-0.2, 0) is 0 Å². The summed E-state index contributed by atoms with van der Waals surface area (Å²) >= 11 is 19.8. The Bertz CT molecular complexity index is 512. The Hall–Kier alpha value is 0.710. The molecule has 0 saturated carbocycles. The number of hydrogen-bond donors (Lipinski definition) is 0. The highest BCUT2D eigenvalue weighted by atomic mass is 127. The number of rotatable bonds is 2. The van der Waals surface area contributed by atoms with Gasteiger partial charge in [0.05, 0.1) is 10.4 Å². The van der Waals surface area contributed by atoms with Crippen LogP contribution < -0.4 is 0 Å². The van der Waals surface area contributed by atoms with Gasteiger partial charge in [-0.2, -0.15) is 0 Å². The van der Waals surface area contributed by atoms with Gasteiger partial charge in [0.15, 0.2) is 0 Å². The molecule has 84 valence electrons. The molecular formula is C11H6BrCl2IS. The molecule has 0 N–H and O–H groups in total. The molecule has 0 fully saturated rings. The van der Waals surface area contributed by atoms with Crippen molar-refractivity contribution in [1.29, 1.82) is 0 Å². The lowest BCUT2D eigenvalue weighted by molar-refractivity contribution is 1.17. The van der Waals surface area contributed by atoms with E-state index in [1.165, 1.54) is 0 Å². The highest BCUT2D eigenvalue weighted by molar-refractivity contribution is 14.1. The summed E-state index contributed by atoms with van der Waals surface area (Å²) in [5, 5.41) is 2.61. The smallest absolute Gasteiger partial charge is 0.0939 e. The lowest BCUT2D eigenvalue weighted by Gasteiger charge is -2.09. The topological polar surface area (TPSA) is 0 Å². The second-order valence-electron chi connectivity index (χ2n) is 3.17. The fourth-order valence-corrected chi connectivity index (χ4v) is 3.97. The highest BCUT2D eigenvalue weighted by Crippen LogP contribution is 2.38. The van der Waals surface area contributed by atoms with Crippen LogP contribution in [0.5, 0.6) is 0 Å². The molecule has 2 aromatic rings. The van der Waals surface area contributed by atoms with Crippen molar-refractivity contribution in [3.63, 3.8) is 0 Å². The quantitative estimate of drug-likeness (QED) is 0.385. The third-order valence-electron chi connectivity index (χ3n) is 2.11. The first-order valence-corrected chi connectivity index (χ1v) is 7.98. The SMILES string of the molecule is Clc1cc(C(Cl)c2sccc2Br)ccc1I. The summed E-state index contributed by atoms with van der Waals surface area (Å²) in [6, 6.07) is 7.92. The van der Waals surface area contributed by atoms with E-state index in [2.05, 4.69) is 38.5 Å². The maximum absolute atomic E-state index is 6.42. The van der Waals surface area contributed by atoms with Gasteiger partial charge in [-0.05, 0) is 67.7 Å². The Morgan fingerprint density at radius 3 is 2.62 bits per heavy atom. The van der Waals surface area contributed by atoms with Gasteiger partial charge in [-0.3, -0.25) is 0 Å². The summed E-state index contributed by atoms with van der Waals surface area (Å²) in [4.78, 5) is 1.11. The molecule has 2 rings (SSSR count). The molecule has 0 aliphatic heterocycles. The summed E-state index contributed by atoms with van der Waals surface area (Å²) in [7, 11) is 0. The Labute approximate surface area is 130 Å². The second-order valence-corrected chi connectivity index (χ2v) is 6.98. The van der Waals surface area contributed by atoms with Crippen molar-refractivity contribution >= 4 is 73.1 Å². The van der Waals surface area contributed by atoms with E-state index in [1.807, 2.05) is 29.6 Å². The standard InChI is InChI=1S/C11H6BrCl2IS/c12-7-3-4-16-11(7)10(14)6-1-2-9(15)8(13)5-6/h1-5,10H. The molecule has 0 radical (unpaired) electrons. The van der Waals surface area contributed by atoms with E-state index in [-0.39, 0.29) is 5.38 Å². The molecule has 0 aliphatic carbocycles. The third-order valence-corrected chi connectivity index (χ3v) is 6.22. The lowest BCUT2D eigenvalue weighted by Crippen LogP contribution is -1.91. The minimum Gasteiger partial charge on any atom is -0.146 e. The van der Waals surface area contributed by atoms with Crippen LogP contribution in [-0.4, -0.2) is 0 Å². The number of benzene rings is 1. The second kappa shape index (κ2) is 5.57. The van der Waals surface area contributed by atoms with E-state index in [0.717, 1.165) is 23.5 Å². The Morgan fingerprint density at radius 1 is 1.31 bits per heavy atom. The van der Waals surface area contributed by atoms with Crippen LogP contribution in [0.3, 0.4) is 0 Å². The summed E-state index contributed by atoms with van der Waals surface area (Å²) in [6.07, 6.45) is 0. The van der Waals surface area contributed by atoms with Crippen molar-refractivity contribution in [2.24, 2.45) is 0 Å². The number of hydrogen-bond acceptors (Lipinski definition) is 1. The zero-order valence-electron chi connectivity index (χ0n) is 7.88. The first kappa shape index (κ1) is 13.1. The summed E-state index contributed by atoms with van der Waals surface area (Å²) < 4.78 is 2.09. The fraction of sp³-hybridized carbons (Fsp3) is 0.0909. The monoisotopic (exact) mass is 446 g/mol. The normalized spacial score (nSPS) is 12.8. The van der Waals surface area contributed by atoms with Crippen LogP contribution in [0, 0.1) is 3.57 Å². The summed E-state index contributed by atoms with van der Waals surface area (Å²) in [5.41, 5.74) is 1.02. The van der Waals surface area contributed by atoms with E-state index in [4.69, 9.17) is 23.2 Å². The van der Waals surface area contributed by atoms with Crippen molar-refractivity contribution in [1.82, 2.24) is 0 Å². The summed E-state index contributed by atoms with van der Waals surface area (Å²) in [5.74, 6) is 0. The van der Waals surface area contributed by atoms with Crippen molar-refractivity contribution in [3.05, 3.63) is 53.2 Å². The molecule has 1 aromatic carbocycles. The van der Waals surface area contributed by atoms with Crippen LogP contribution >= 0.6 is 73.1 Å². The predicted octanol–water partition coefficient (Wildman–Crippen LogP) is 6.10. The Morgan fingerprint density at radius 2 is 2.06 bits per heavy atom. The van der Waals surface area contributed by atoms with Gasteiger partial charge in [-0.25, -0.2) is 0 Å². The van der Waals surface area contributed by atoms with Crippen LogP contribution in [0.1, 0.15) is 15.8 Å². The van der Waals surface area contributed by atoms with Crippen LogP contribution in [0.4, 0.5) is 0 Å². The average molecular weight is 448 g/mol. The van der Waals surface area contributed by atoms with Crippen molar-refractivity contribution in [3.8, 4) is 0 Å². The Kier molecular flexibility index (Phi) is 4.58. The Balaban J connectivity index is 2.38. The number of thiophene rings is 1. The zero-order valence-corrected chi connectivity index (χ0v) is 14.0. The first-order chi connectivity index (χ1) is 7.59. The van der Waals surface area contributed by atoms with Gasteiger partial charge < -0.3 is 0 Å². The largest absolute Gasteiger partial charge is 0.146 e. The lowest BCUT2D eigenvalue weighted by atomic mass is 10.1. The molecule has 0 bridgehead atoms. The molecule has 1 atom stereocenters. The maximum Gasteiger partial charge on any atom is 0.0939 e. The molecule has 5 heteroatoms. The van der Waals surface area contributed by atoms with Crippen molar-refractivity contribution < 1.29 is 0 Å². The van der Waals surface area contributed by atoms with Gasteiger partial charge in [-0.15, -0.1) is 22.9 Å². The zero-order chi connectivity index (χ0) is 11.7. The number of halogens is 4. The van der Waals surface area contributed by atoms with Gasteiger partial charge >= 0.3 is 0 Å². The van der Waals surface area contributed by atoms with Crippen LogP contribution in [0.15, 0.2) is 34.1 Å². The molecule has 0 nitrogen and oxygen atoms in total. The average Bonchev–Trinajstić information content (AvgIpc) is 2.67. The molecule has 1 unspecified atom stereocenters. The van der Waals surface area contributed by atoms with Gasteiger partial charge in [0.2, 0.25) is 0 Å². The molecule has 0 spiro atoms. The van der Waals surface area contributed by atoms with Crippen molar-refractivity contribution in [2.75, 3.05) is 0 Å². The van der Waals surface area contributed by atoms with Crippen LogP contribution in [0.25, 0.3) is 0 Å². The third kappa shape index (κ3) is 2.75. The molecular weight excluding hydrogens is 442 g/mol. The van der Waals surface area contributed by atoms with E-state index in [0.29, 0.717) is 0 Å². The minimum absolute atomic E-state index is 0.149. The van der Waals surface area contributed by atoms with E-state index in [1.54, 1.807) is 11.3 Å². The minimum atomic E-state index is -0.149. The maximum atomic E-state index is 6.42. The van der Waals surface area contributed by atoms with Crippen molar-refractivity contribution in [2.45, 2.75) is 5.38 Å². The number of alkyl halides is 1. The molecule has 0 saturated heterocycles. The molecule has 1 aromatic heterocycles.